The van der Waals surface area contributed by atoms with Gasteiger partial charge >= 0.3 is 0 Å². The molecule has 2 heterocycles. The van der Waals surface area contributed by atoms with Crippen molar-refractivity contribution in [2.24, 2.45) is 10.9 Å². The van der Waals surface area contributed by atoms with Gasteiger partial charge in [-0.15, -0.1) is 4.99 Å². The summed E-state index contributed by atoms with van der Waals surface area (Å²) in [7, 11) is 0. The first-order valence-corrected chi connectivity index (χ1v) is 9.11. The molecule has 0 saturated carbocycles. The van der Waals surface area contributed by atoms with Crippen LogP contribution in [0, 0.1) is 17.4 Å². The van der Waals surface area contributed by atoms with Crippen LogP contribution in [0.4, 0.5) is 5.69 Å². The number of rotatable bonds is 2. The Morgan fingerprint density at radius 2 is 2.15 bits per heavy atom. The summed E-state index contributed by atoms with van der Waals surface area (Å²) < 4.78 is 0. The lowest BCUT2D eigenvalue weighted by Crippen LogP contribution is -2.59. The zero-order valence-corrected chi connectivity index (χ0v) is 15.9. The second-order valence-electron chi connectivity index (χ2n) is 7.01. The third-order valence-electron chi connectivity index (χ3n) is 4.95. The van der Waals surface area contributed by atoms with Gasteiger partial charge in [-0.2, -0.15) is 5.26 Å². The third kappa shape index (κ3) is 4.00. The van der Waals surface area contributed by atoms with Gasteiger partial charge in [0.1, 0.15) is 0 Å². The molecule has 1 aliphatic rings. The smallest absolute Gasteiger partial charge is 0.219 e. The number of nitrogens with one attached hydrogen (secondary N) is 1. The van der Waals surface area contributed by atoms with E-state index in [4.69, 9.17) is 0 Å². The highest BCUT2D eigenvalue weighted by Crippen LogP contribution is 2.24. The van der Waals surface area contributed by atoms with Gasteiger partial charge in [0.2, 0.25) is 18.1 Å². The number of nitriles is 1. The maximum atomic E-state index is 11.8. The molecule has 1 aromatic carbocycles. The van der Waals surface area contributed by atoms with Gasteiger partial charge in [0.15, 0.2) is 0 Å². The number of piperazine rings is 1. The number of anilines is 1. The molecule has 1 aliphatic heterocycles. The van der Waals surface area contributed by atoms with E-state index in [9.17, 15) is 10.1 Å². The summed E-state index contributed by atoms with van der Waals surface area (Å²) >= 11 is 0. The molecule has 140 valence electrons. The van der Waals surface area contributed by atoms with Crippen molar-refractivity contribution in [3.05, 3.63) is 36.5 Å². The highest BCUT2D eigenvalue weighted by Gasteiger charge is 2.32. The summed E-state index contributed by atoms with van der Waals surface area (Å²) in [6.45, 7) is 7.69. The maximum absolute atomic E-state index is 11.8. The van der Waals surface area contributed by atoms with Crippen molar-refractivity contribution in [1.82, 2.24) is 14.8 Å². The van der Waals surface area contributed by atoms with Gasteiger partial charge in [-0.05, 0) is 30.2 Å². The number of benzene rings is 1. The van der Waals surface area contributed by atoms with Crippen LogP contribution in [0.1, 0.15) is 20.8 Å². The Labute approximate surface area is 159 Å². The largest absolute Gasteiger partial charge is 0.339 e. The van der Waals surface area contributed by atoms with Crippen molar-refractivity contribution in [1.29, 1.82) is 5.26 Å². The lowest BCUT2D eigenvalue weighted by molar-refractivity contribution is -0.131. The summed E-state index contributed by atoms with van der Waals surface area (Å²) in [4.78, 5) is 24.2. The van der Waals surface area contributed by atoms with Gasteiger partial charge in [0.25, 0.3) is 0 Å². The van der Waals surface area contributed by atoms with Crippen LogP contribution >= 0.6 is 0 Å². The van der Waals surface area contributed by atoms with Gasteiger partial charge in [-0.3, -0.25) is 9.78 Å². The number of guanidine groups is 1. The molecule has 2 aromatic rings. The number of amides is 1. The van der Waals surface area contributed by atoms with Crippen molar-refractivity contribution in [3.8, 4) is 6.19 Å². The van der Waals surface area contributed by atoms with E-state index in [0.717, 1.165) is 16.6 Å². The quantitative estimate of drug-likeness (QED) is 0.503. The van der Waals surface area contributed by atoms with Gasteiger partial charge < -0.3 is 15.1 Å². The van der Waals surface area contributed by atoms with Gasteiger partial charge in [-0.1, -0.05) is 19.9 Å². The van der Waals surface area contributed by atoms with Crippen molar-refractivity contribution < 1.29 is 4.79 Å². The summed E-state index contributed by atoms with van der Waals surface area (Å²) in [5, 5.41) is 13.5. The van der Waals surface area contributed by atoms with Gasteiger partial charge in [0.05, 0.1) is 17.2 Å². The second-order valence-corrected chi connectivity index (χ2v) is 7.01. The van der Waals surface area contributed by atoms with E-state index in [1.807, 2.05) is 41.4 Å². The monoisotopic (exact) mass is 364 g/mol. The van der Waals surface area contributed by atoms with E-state index in [0.29, 0.717) is 31.5 Å². The van der Waals surface area contributed by atoms with Crippen molar-refractivity contribution in [2.75, 3.05) is 25.0 Å². The van der Waals surface area contributed by atoms with Crippen LogP contribution in [0.25, 0.3) is 10.9 Å². The number of aromatic nitrogens is 1. The number of nitrogens with zero attached hydrogens (tertiary/aromatic N) is 5. The minimum atomic E-state index is 0.0761. The van der Waals surface area contributed by atoms with Crippen LogP contribution < -0.4 is 5.32 Å². The number of carbonyl (C=O) groups is 1. The zero-order valence-electron chi connectivity index (χ0n) is 15.9. The molecule has 0 bridgehead atoms. The highest BCUT2D eigenvalue weighted by atomic mass is 16.2. The lowest BCUT2D eigenvalue weighted by Gasteiger charge is -2.44. The number of hydrogen-bond donors (Lipinski definition) is 1. The number of carbonyl (C=O) groups excluding carboxylic acids is 1. The second kappa shape index (κ2) is 8.04. The standard InChI is InChI=1S/C20H24N6O/c1-14(2)19-12-25(15(3)27)10-11-26(19)20(23-13-21)24-18-8-4-7-17-16(18)6-5-9-22-17/h4-9,14,19H,10-12H2,1-3H3,(H,23,24). The van der Waals surface area contributed by atoms with Gasteiger partial charge in [0, 0.05) is 38.1 Å². The fraction of sp³-hybridized carbons (Fsp3) is 0.400. The summed E-state index contributed by atoms with van der Waals surface area (Å²) in [6, 6.07) is 9.78. The molecular weight excluding hydrogens is 340 g/mol. The Morgan fingerprint density at radius 1 is 1.33 bits per heavy atom. The summed E-state index contributed by atoms with van der Waals surface area (Å²) in [5.41, 5.74) is 1.73. The van der Waals surface area contributed by atoms with Crippen molar-refractivity contribution in [3.63, 3.8) is 0 Å². The molecule has 7 nitrogen and oxygen atoms in total. The topological polar surface area (TPSA) is 84.6 Å². The van der Waals surface area contributed by atoms with Gasteiger partial charge in [-0.25, -0.2) is 0 Å². The van der Waals surface area contributed by atoms with Crippen LogP contribution in [0.5, 0.6) is 0 Å². The number of hydrogen-bond acceptors (Lipinski definition) is 4. The van der Waals surface area contributed by atoms with Crippen LogP contribution in [-0.4, -0.2) is 52.3 Å². The molecule has 1 amide bonds. The minimum Gasteiger partial charge on any atom is -0.339 e. The molecular formula is C20H24N6O. The zero-order chi connectivity index (χ0) is 19.4. The predicted molar refractivity (Wildman–Crippen MR) is 106 cm³/mol. The van der Waals surface area contributed by atoms with Crippen LogP contribution in [-0.2, 0) is 4.79 Å². The van der Waals surface area contributed by atoms with E-state index in [-0.39, 0.29) is 11.9 Å². The van der Waals surface area contributed by atoms with E-state index in [1.165, 1.54) is 0 Å². The van der Waals surface area contributed by atoms with Crippen LogP contribution in [0.15, 0.2) is 41.5 Å². The average Bonchev–Trinajstić information content (AvgIpc) is 2.67. The Morgan fingerprint density at radius 3 is 2.85 bits per heavy atom. The van der Waals surface area contributed by atoms with Crippen LogP contribution in [0.2, 0.25) is 0 Å². The SMILES string of the molecule is CC(=O)N1CCN(/C(=N\C#N)Nc2cccc3ncccc23)C(C(C)C)C1. The van der Waals surface area contributed by atoms with E-state index >= 15 is 0 Å². The fourth-order valence-corrected chi connectivity index (χ4v) is 3.47. The molecule has 27 heavy (non-hydrogen) atoms. The molecule has 0 radical (unpaired) electrons. The predicted octanol–water partition coefficient (Wildman–Crippen LogP) is 2.67. The third-order valence-corrected chi connectivity index (χ3v) is 4.95. The van der Waals surface area contributed by atoms with E-state index in [2.05, 4.69) is 34.0 Å². The first kappa shape index (κ1) is 18.6. The summed E-state index contributed by atoms with van der Waals surface area (Å²) in [5.74, 6) is 0.884. The highest BCUT2D eigenvalue weighted by molar-refractivity contribution is 6.02. The number of pyridine rings is 1. The molecule has 1 N–H and O–H groups in total. The Balaban J connectivity index is 1.92. The summed E-state index contributed by atoms with van der Waals surface area (Å²) in [6.07, 6.45) is 3.67. The number of aliphatic imine (C=N–C) groups is 1. The normalized spacial score (nSPS) is 17.9. The Kier molecular flexibility index (Phi) is 5.55. The van der Waals surface area contributed by atoms with Crippen LogP contribution in [0.3, 0.4) is 0 Å². The maximum Gasteiger partial charge on any atom is 0.219 e. The first-order chi connectivity index (χ1) is 13.0. The van der Waals surface area contributed by atoms with E-state index in [1.54, 1.807) is 13.1 Å². The first-order valence-electron chi connectivity index (χ1n) is 9.11. The van der Waals surface area contributed by atoms with E-state index < -0.39 is 0 Å². The molecule has 1 unspecified atom stereocenters. The van der Waals surface area contributed by atoms with Crippen molar-refractivity contribution in [2.45, 2.75) is 26.8 Å². The average molecular weight is 364 g/mol. The minimum absolute atomic E-state index is 0.0761. The number of fused-ring (bicyclic) bond motifs is 1. The Bertz CT molecular complexity index is 895. The molecule has 7 heteroatoms. The molecule has 1 fully saturated rings. The molecule has 3 rings (SSSR count). The molecule has 1 atom stereocenters. The molecule has 0 spiro atoms. The Hall–Kier alpha value is -3.14. The lowest BCUT2D eigenvalue weighted by atomic mass is 9.99. The fourth-order valence-electron chi connectivity index (χ4n) is 3.47. The molecule has 1 saturated heterocycles. The molecule has 0 aliphatic carbocycles. The van der Waals surface area contributed by atoms with Crippen molar-refractivity contribution >= 4 is 28.5 Å². The molecule has 1 aromatic heterocycles.